The topological polar surface area (TPSA) is 107 Å². The van der Waals surface area contributed by atoms with Crippen LogP contribution in [-0.4, -0.2) is 31.2 Å². The second-order valence-corrected chi connectivity index (χ2v) is 7.08. The van der Waals surface area contributed by atoms with E-state index in [1.54, 1.807) is 0 Å². The maximum atomic E-state index is 12.5. The van der Waals surface area contributed by atoms with Crippen LogP contribution in [0.15, 0.2) is 23.1 Å². The zero-order valence-electron chi connectivity index (χ0n) is 11.2. The minimum atomic E-state index is -3.90. The smallest absolute Gasteiger partial charge is 0.289 e. The third kappa shape index (κ3) is 2.75. The molecule has 0 unspecified atom stereocenters. The second-order valence-electron chi connectivity index (χ2n) is 5.07. The van der Waals surface area contributed by atoms with Crippen LogP contribution in [0.25, 0.3) is 0 Å². The van der Waals surface area contributed by atoms with E-state index in [2.05, 4.69) is 0 Å². The van der Waals surface area contributed by atoms with Crippen LogP contribution in [0.3, 0.4) is 0 Å². The van der Waals surface area contributed by atoms with E-state index in [4.69, 9.17) is 5.73 Å². The number of rotatable bonds is 5. The van der Waals surface area contributed by atoms with Gasteiger partial charge in [-0.25, -0.2) is 12.7 Å². The van der Waals surface area contributed by atoms with Gasteiger partial charge in [0.2, 0.25) is 10.0 Å². The van der Waals surface area contributed by atoms with Gasteiger partial charge in [0.15, 0.2) is 4.90 Å². The van der Waals surface area contributed by atoms with Crippen LogP contribution in [-0.2, 0) is 10.0 Å². The molecule has 0 aliphatic heterocycles. The molecule has 20 heavy (non-hydrogen) atoms. The number of sulfonamides is 1. The lowest BCUT2D eigenvalue weighted by atomic mass is 9.86. The van der Waals surface area contributed by atoms with Gasteiger partial charge < -0.3 is 5.73 Å². The number of nitrogen functional groups attached to an aromatic ring is 1. The van der Waals surface area contributed by atoms with Crippen molar-refractivity contribution in [3.05, 3.63) is 28.3 Å². The molecule has 0 amide bonds. The Kier molecular flexibility index (Phi) is 3.96. The lowest BCUT2D eigenvalue weighted by Crippen LogP contribution is -2.34. The Morgan fingerprint density at radius 1 is 1.45 bits per heavy atom. The van der Waals surface area contributed by atoms with Gasteiger partial charge in [0.25, 0.3) is 5.69 Å². The first-order chi connectivity index (χ1) is 9.32. The van der Waals surface area contributed by atoms with Gasteiger partial charge in [-0.05, 0) is 30.9 Å². The van der Waals surface area contributed by atoms with Crippen molar-refractivity contribution < 1.29 is 13.3 Å². The van der Waals surface area contributed by atoms with Crippen LogP contribution < -0.4 is 5.73 Å². The molecule has 1 fully saturated rings. The van der Waals surface area contributed by atoms with E-state index in [0.717, 1.165) is 31.4 Å². The van der Waals surface area contributed by atoms with Crippen molar-refractivity contribution in [3.63, 3.8) is 0 Å². The van der Waals surface area contributed by atoms with Crippen molar-refractivity contribution in [1.82, 2.24) is 4.31 Å². The normalized spacial score (nSPS) is 16.1. The van der Waals surface area contributed by atoms with Crippen LogP contribution in [0.5, 0.6) is 0 Å². The first-order valence-corrected chi connectivity index (χ1v) is 7.76. The van der Waals surface area contributed by atoms with Crippen LogP contribution in [0.1, 0.15) is 19.3 Å². The monoisotopic (exact) mass is 299 g/mol. The van der Waals surface area contributed by atoms with Gasteiger partial charge in [0.1, 0.15) is 0 Å². The molecule has 1 aliphatic rings. The first kappa shape index (κ1) is 14.7. The van der Waals surface area contributed by atoms with Gasteiger partial charge in [0, 0.05) is 25.3 Å². The summed E-state index contributed by atoms with van der Waals surface area (Å²) in [5.41, 5.74) is 5.30. The minimum absolute atomic E-state index is 0.186. The maximum Gasteiger partial charge on any atom is 0.289 e. The zero-order chi connectivity index (χ0) is 14.9. The number of benzene rings is 1. The summed E-state index contributed by atoms with van der Waals surface area (Å²) in [5, 5.41) is 11.0. The van der Waals surface area contributed by atoms with E-state index in [1.165, 1.54) is 17.4 Å². The highest BCUT2D eigenvalue weighted by Crippen LogP contribution is 2.31. The third-order valence-corrected chi connectivity index (χ3v) is 5.46. The number of anilines is 1. The van der Waals surface area contributed by atoms with E-state index >= 15 is 0 Å². The molecule has 2 rings (SSSR count). The predicted octanol–water partition coefficient (Wildman–Crippen LogP) is 1.60. The number of hydrogen-bond acceptors (Lipinski definition) is 5. The number of nitrogens with zero attached hydrogens (tertiary/aromatic N) is 2. The third-order valence-electron chi connectivity index (χ3n) is 3.61. The highest BCUT2D eigenvalue weighted by molar-refractivity contribution is 7.89. The molecule has 0 heterocycles. The molecular weight excluding hydrogens is 282 g/mol. The van der Waals surface area contributed by atoms with E-state index in [-0.39, 0.29) is 10.6 Å². The molecule has 8 heteroatoms. The Hall–Kier alpha value is -1.67. The first-order valence-electron chi connectivity index (χ1n) is 6.32. The summed E-state index contributed by atoms with van der Waals surface area (Å²) >= 11 is 0. The molecule has 0 bridgehead atoms. The Labute approximate surface area is 117 Å². The lowest BCUT2D eigenvalue weighted by molar-refractivity contribution is -0.387. The number of hydrogen-bond donors (Lipinski definition) is 1. The van der Waals surface area contributed by atoms with Crippen LogP contribution in [0, 0.1) is 16.0 Å². The molecule has 110 valence electrons. The summed E-state index contributed by atoms with van der Waals surface area (Å²) in [6.07, 6.45) is 3.11. The summed E-state index contributed by atoms with van der Waals surface area (Å²) in [5.74, 6) is 0.342. The summed E-state index contributed by atoms with van der Waals surface area (Å²) < 4.78 is 26.1. The molecule has 1 aromatic carbocycles. The quantitative estimate of drug-likeness (QED) is 0.505. The van der Waals surface area contributed by atoms with E-state index < -0.39 is 20.6 Å². The van der Waals surface area contributed by atoms with Crippen LogP contribution in [0.2, 0.25) is 0 Å². The van der Waals surface area contributed by atoms with Gasteiger partial charge in [-0.1, -0.05) is 6.42 Å². The van der Waals surface area contributed by atoms with Crippen molar-refractivity contribution in [2.75, 3.05) is 19.3 Å². The van der Waals surface area contributed by atoms with Crippen molar-refractivity contribution in [2.24, 2.45) is 5.92 Å². The van der Waals surface area contributed by atoms with Gasteiger partial charge in [-0.3, -0.25) is 10.1 Å². The molecule has 1 aromatic rings. The molecule has 1 aliphatic carbocycles. The minimum Gasteiger partial charge on any atom is -0.399 e. The molecular formula is C12H17N3O4S. The summed E-state index contributed by atoms with van der Waals surface area (Å²) in [6.45, 7) is 0.383. The largest absolute Gasteiger partial charge is 0.399 e. The molecule has 7 nitrogen and oxygen atoms in total. The summed E-state index contributed by atoms with van der Waals surface area (Å²) in [7, 11) is -2.45. The molecule has 2 N–H and O–H groups in total. The molecule has 0 aromatic heterocycles. The standard InChI is InChI=1S/C12H17N3O4S/c1-14(8-9-3-2-4-9)20(18,19)12-7-10(13)5-6-11(12)15(16)17/h5-7,9H,2-4,8,13H2,1H3. The fourth-order valence-corrected chi connectivity index (χ4v) is 3.63. The van der Waals surface area contributed by atoms with Crippen molar-refractivity contribution in [1.29, 1.82) is 0 Å². The Balaban J connectivity index is 2.36. The fraction of sp³-hybridized carbons (Fsp3) is 0.500. The average molecular weight is 299 g/mol. The van der Waals surface area contributed by atoms with Crippen molar-refractivity contribution in [3.8, 4) is 0 Å². The number of nitro groups is 1. The van der Waals surface area contributed by atoms with Crippen molar-refractivity contribution in [2.45, 2.75) is 24.2 Å². The highest BCUT2D eigenvalue weighted by Gasteiger charge is 2.32. The van der Waals surface area contributed by atoms with E-state index in [0.29, 0.717) is 12.5 Å². The Bertz CT molecular complexity index is 626. The van der Waals surface area contributed by atoms with Crippen LogP contribution >= 0.6 is 0 Å². The molecule has 1 saturated carbocycles. The number of nitro benzene ring substituents is 1. The van der Waals surface area contributed by atoms with E-state index in [9.17, 15) is 18.5 Å². The molecule has 0 radical (unpaired) electrons. The van der Waals surface area contributed by atoms with Gasteiger partial charge >= 0.3 is 0 Å². The second kappa shape index (κ2) is 5.37. The van der Waals surface area contributed by atoms with Crippen LogP contribution in [0.4, 0.5) is 11.4 Å². The SMILES string of the molecule is CN(CC1CCC1)S(=O)(=O)c1cc(N)ccc1[N+](=O)[O-]. The van der Waals surface area contributed by atoms with Crippen molar-refractivity contribution >= 4 is 21.4 Å². The zero-order valence-corrected chi connectivity index (χ0v) is 12.0. The van der Waals surface area contributed by atoms with Gasteiger partial charge in [-0.2, -0.15) is 0 Å². The molecule has 0 atom stereocenters. The summed E-state index contributed by atoms with van der Waals surface area (Å²) in [6, 6.07) is 3.59. The molecule has 0 saturated heterocycles. The van der Waals surface area contributed by atoms with Gasteiger partial charge in [-0.15, -0.1) is 0 Å². The van der Waals surface area contributed by atoms with E-state index in [1.807, 2.05) is 0 Å². The van der Waals surface area contributed by atoms with Gasteiger partial charge in [0.05, 0.1) is 4.92 Å². The lowest BCUT2D eigenvalue weighted by Gasteiger charge is -2.29. The Morgan fingerprint density at radius 3 is 2.60 bits per heavy atom. The number of nitrogens with two attached hydrogens (primary N) is 1. The predicted molar refractivity (Wildman–Crippen MR) is 74.7 cm³/mol. The fourth-order valence-electron chi connectivity index (χ4n) is 2.19. The maximum absolute atomic E-state index is 12.5. The average Bonchev–Trinajstić information content (AvgIpc) is 2.32. The summed E-state index contributed by atoms with van der Waals surface area (Å²) in [4.78, 5) is 9.93. The highest BCUT2D eigenvalue weighted by atomic mass is 32.2. The molecule has 0 spiro atoms. The Morgan fingerprint density at radius 2 is 2.10 bits per heavy atom.